The fourth-order valence-corrected chi connectivity index (χ4v) is 3.40. The van der Waals surface area contributed by atoms with E-state index < -0.39 is 53.9 Å². The first-order valence-corrected chi connectivity index (χ1v) is 11.3. The molecule has 2 rings (SSSR count). The minimum absolute atomic E-state index is 0.0283. The molecular formula is C21H33FN6O7. The first-order chi connectivity index (χ1) is 16.7. The van der Waals surface area contributed by atoms with Gasteiger partial charge in [0.15, 0.2) is 29.9 Å². The van der Waals surface area contributed by atoms with Gasteiger partial charge in [0.25, 0.3) is 0 Å². The van der Waals surface area contributed by atoms with Crippen molar-refractivity contribution in [3.8, 4) is 0 Å². The summed E-state index contributed by atoms with van der Waals surface area (Å²) < 4.78 is 37.1. The normalized spacial score (nSPS) is 21.3. The van der Waals surface area contributed by atoms with Gasteiger partial charge < -0.3 is 29.6 Å². The maximum atomic E-state index is 14.7. The van der Waals surface area contributed by atoms with Crippen LogP contribution in [0.5, 0.6) is 0 Å². The number of hydrogen-bond donors (Lipinski definition) is 4. The van der Waals surface area contributed by atoms with E-state index in [1.165, 1.54) is 7.11 Å². The van der Waals surface area contributed by atoms with Crippen LogP contribution in [-0.2, 0) is 23.7 Å². The van der Waals surface area contributed by atoms with Crippen molar-refractivity contribution in [2.45, 2.75) is 64.1 Å². The van der Waals surface area contributed by atoms with Crippen molar-refractivity contribution < 1.29 is 32.9 Å². The fraction of sp³-hybridized carbons (Fsp3) is 0.667. The third-order valence-electron chi connectivity index (χ3n) is 5.22. The Kier molecular flexibility index (Phi) is 10.9. The fourth-order valence-electron chi connectivity index (χ4n) is 3.40. The topological polar surface area (TPSA) is 166 Å². The van der Waals surface area contributed by atoms with Crippen LogP contribution in [0, 0.1) is 11.2 Å². The molecule has 4 atom stereocenters. The molecular weight excluding hydrogens is 467 g/mol. The largest absolute Gasteiger partial charge is 0.457 e. The number of carbonyl (C=O) groups excluding carboxylic acids is 2. The molecule has 13 nitrogen and oxygen atoms in total. The molecule has 1 saturated heterocycles. The number of hydrogen-bond acceptors (Lipinski definition) is 9. The summed E-state index contributed by atoms with van der Waals surface area (Å²) in [4.78, 5) is 40.3. The molecule has 1 aliphatic heterocycles. The monoisotopic (exact) mass is 500 g/mol. The number of methoxy groups -OCH3 is 1. The van der Waals surface area contributed by atoms with Crippen molar-refractivity contribution in [3.63, 3.8) is 0 Å². The maximum absolute atomic E-state index is 14.7. The predicted molar refractivity (Wildman–Crippen MR) is 123 cm³/mol. The number of ether oxygens (including phenoxy) is 4. The molecule has 0 saturated carbocycles. The van der Waals surface area contributed by atoms with Crippen LogP contribution in [0.1, 0.15) is 45.8 Å². The molecule has 14 heteroatoms. The van der Waals surface area contributed by atoms with Crippen LogP contribution in [0.4, 0.5) is 15.0 Å². The third-order valence-corrected chi connectivity index (χ3v) is 5.22. The Balaban J connectivity index is 2.06. The summed E-state index contributed by atoms with van der Waals surface area (Å²) in [5.74, 6) is -2.07. The molecule has 0 bridgehead atoms. The molecule has 0 spiro atoms. The van der Waals surface area contributed by atoms with Gasteiger partial charge in [-0.25, -0.2) is 14.0 Å². The number of carbonyl (C=O) groups is 2. The SMILES string of the molecule is CCCCCOC(=O)Nc1nc(=O)n([C@@H]2O[C@H](C)C(OC(=O)CCNC(=N)NC)C2OC)cc1F. The minimum Gasteiger partial charge on any atom is -0.457 e. The smallest absolute Gasteiger partial charge is 0.412 e. The Morgan fingerprint density at radius 2 is 2.06 bits per heavy atom. The maximum Gasteiger partial charge on any atom is 0.412 e. The van der Waals surface area contributed by atoms with E-state index in [4.69, 9.17) is 24.4 Å². The van der Waals surface area contributed by atoms with Crippen molar-refractivity contribution in [2.24, 2.45) is 0 Å². The van der Waals surface area contributed by atoms with Gasteiger partial charge in [0, 0.05) is 20.7 Å². The third kappa shape index (κ3) is 7.89. The van der Waals surface area contributed by atoms with E-state index in [0.29, 0.717) is 6.42 Å². The summed E-state index contributed by atoms with van der Waals surface area (Å²) >= 11 is 0. The molecule has 1 aromatic rings. The molecule has 2 unspecified atom stereocenters. The average Bonchev–Trinajstić information content (AvgIpc) is 3.13. The second-order valence-corrected chi connectivity index (χ2v) is 7.78. The molecule has 2 heterocycles. The van der Waals surface area contributed by atoms with Crippen LogP contribution in [0.15, 0.2) is 11.0 Å². The number of amides is 1. The molecule has 196 valence electrons. The molecule has 1 amide bonds. The van der Waals surface area contributed by atoms with Gasteiger partial charge in [0.1, 0.15) is 6.10 Å². The van der Waals surface area contributed by atoms with Crippen LogP contribution in [0.25, 0.3) is 0 Å². The molecule has 4 N–H and O–H groups in total. The Morgan fingerprint density at radius 1 is 1.31 bits per heavy atom. The highest BCUT2D eigenvalue weighted by Crippen LogP contribution is 2.33. The van der Waals surface area contributed by atoms with Crippen LogP contribution in [-0.4, -0.2) is 73.2 Å². The molecule has 0 aliphatic carbocycles. The van der Waals surface area contributed by atoms with Gasteiger partial charge in [0.05, 0.1) is 25.3 Å². The molecule has 1 aromatic heterocycles. The van der Waals surface area contributed by atoms with E-state index in [2.05, 4.69) is 20.9 Å². The van der Waals surface area contributed by atoms with E-state index in [-0.39, 0.29) is 25.5 Å². The minimum atomic E-state index is -1.13. The second kappa shape index (κ2) is 13.6. The van der Waals surface area contributed by atoms with Gasteiger partial charge in [-0.05, 0) is 13.3 Å². The van der Waals surface area contributed by atoms with Gasteiger partial charge in [-0.15, -0.1) is 0 Å². The highest BCUT2D eigenvalue weighted by molar-refractivity contribution is 5.83. The highest BCUT2D eigenvalue weighted by atomic mass is 19.1. The highest BCUT2D eigenvalue weighted by Gasteiger charge is 2.47. The van der Waals surface area contributed by atoms with E-state index in [9.17, 15) is 18.8 Å². The summed E-state index contributed by atoms with van der Waals surface area (Å²) in [5, 5.41) is 14.8. The number of aromatic nitrogens is 2. The second-order valence-electron chi connectivity index (χ2n) is 7.78. The Morgan fingerprint density at radius 3 is 2.71 bits per heavy atom. The Bertz CT molecular complexity index is 943. The van der Waals surface area contributed by atoms with Crippen molar-refractivity contribution in [1.82, 2.24) is 20.2 Å². The van der Waals surface area contributed by atoms with E-state index in [1.54, 1.807) is 14.0 Å². The summed E-state index contributed by atoms with van der Waals surface area (Å²) in [5.41, 5.74) is -0.909. The number of guanidine groups is 1. The van der Waals surface area contributed by atoms with Gasteiger partial charge in [-0.1, -0.05) is 19.8 Å². The van der Waals surface area contributed by atoms with Gasteiger partial charge in [-0.2, -0.15) is 4.98 Å². The zero-order valence-corrected chi connectivity index (χ0v) is 20.3. The first-order valence-electron chi connectivity index (χ1n) is 11.3. The Labute approximate surface area is 202 Å². The van der Waals surface area contributed by atoms with Crippen molar-refractivity contribution in [1.29, 1.82) is 5.41 Å². The van der Waals surface area contributed by atoms with Crippen molar-refractivity contribution >= 4 is 23.8 Å². The predicted octanol–water partition coefficient (Wildman–Crippen LogP) is 1.10. The summed E-state index contributed by atoms with van der Waals surface area (Å²) in [6.07, 6.45) is -1.24. The van der Waals surface area contributed by atoms with Crippen molar-refractivity contribution in [3.05, 3.63) is 22.5 Å². The summed E-state index contributed by atoms with van der Waals surface area (Å²) in [7, 11) is 2.91. The number of esters is 1. The first kappa shape index (κ1) is 28.0. The summed E-state index contributed by atoms with van der Waals surface area (Å²) in [6, 6.07) is 0. The lowest BCUT2D eigenvalue weighted by Crippen LogP contribution is -2.40. The summed E-state index contributed by atoms with van der Waals surface area (Å²) in [6.45, 7) is 3.96. The number of unbranched alkanes of at least 4 members (excludes halogenated alkanes) is 2. The molecule has 1 aliphatic rings. The number of halogens is 1. The zero-order chi connectivity index (χ0) is 26.0. The van der Waals surface area contributed by atoms with Gasteiger partial charge in [0.2, 0.25) is 0 Å². The lowest BCUT2D eigenvalue weighted by atomic mass is 10.1. The van der Waals surface area contributed by atoms with Crippen LogP contribution < -0.4 is 21.6 Å². The lowest BCUT2D eigenvalue weighted by Gasteiger charge is -2.23. The van der Waals surface area contributed by atoms with Gasteiger partial charge in [-0.3, -0.25) is 20.1 Å². The number of anilines is 1. The lowest BCUT2D eigenvalue weighted by molar-refractivity contribution is -0.156. The van der Waals surface area contributed by atoms with Crippen LogP contribution >= 0.6 is 0 Å². The molecule has 1 fully saturated rings. The van der Waals surface area contributed by atoms with Gasteiger partial charge >= 0.3 is 17.8 Å². The quantitative estimate of drug-likeness (QED) is 0.150. The van der Waals surface area contributed by atoms with E-state index >= 15 is 0 Å². The molecule has 35 heavy (non-hydrogen) atoms. The molecule has 0 aromatic carbocycles. The van der Waals surface area contributed by atoms with E-state index in [0.717, 1.165) is 23.6 Å². The number of nitrogens with one attached hydrogen (secondary N) is 4. The van der Waals surface area contributed by atoms with Crippen molar-refractivity contribution in [2.75, 3.05) is 32.6 Å². The van der Waals surface area contributed by atoms with Crippen LogP contribution in [0.2, 0.25) is 0 Å². The molecule has 0 radical (unpaired) electrons. The number of nitrogens with zero attached hydrogens (tertiary/aromatic N) is 2. The standard InChI is InChI=1S/C21H33FN6O7/c1-5-6-7-10-33-21(31)27-17-13(22)11-28(20(30)26-17)18-16(32-4)15(12(2)34-18)35-14(29)8-9-25-19(23)24-3/h11-12,15-16,18H,5-10H2,1-4H3,(H3,23,24,25)(H,26,27,30,31)/t12-,15?,16?,18-/m1/s1. The van der Waals surface area contributed by atoms with E-state index in [1.807, 2.05) is 6.92 Å². The Hall–Kier alpha value is -3.26. The average molecular weight is 501 g/mol. The number of rotatable bonds is 11. The zero-order valence-electron chi connectivity index (χ0n) is 20.3. The van der Waals surface area contributed by atoms with Crippen LogP contribution in [0.3, 0.4) is 0 Å².